The summed E-state index contributed by atoms with van der Waals surface area (Å²) < 4.78 is 5.89. The topological polar surface area (TPSA) is 84.5 Å². The molecule has 3 aromatic carbocycles. The van der Waals surface area contributed by atoms with Crippen molar-refractivity contribution in [3.05, 3.63) is 94.5 Å². The molecule has 2 N–H and O–H groups in total. The van der Waals surface area contributed by atoms with Crippen LogP contribution >= 0.6 is 15.9 Å². The van der Waals surface area contributed by atoms with Gasteiger partial charge in [-0.3, -0.25) is 14.4 Å². The highest BCUT2D eigenvalue weighted by Crippen LogP contribution is 2.19. The minimum atomic E-state index is -0.463. The highest BCUT2D eigenvalue weighted by atomic mass is 79.9. The van der Waals surface area contributed by atoms with Crippen molar-refractivity contribution in [2.24, 2.45) is 0 Å². The van der Waals surface area contributed by atoms with E-state index in [2.05, 4.69) is 26.6 Å². The van der Waals surface area contributed by atoms with Gasteiger partial charge in [0.25, 0.3) is 5.91 Å². The van der Waals surface area contributed by atoms with Crippen molar-refractivity contribution in [2.75, 3.05) is 10.6 Å². The number of esters is 1. The maximum atomic E-state index is 12.5. The van der Waals surface area contributed by atoms with E-state index in [4.69, 9.17) is 4.74 Å². The summed E-state index contributed by atoms with van der Waals surface area (Å²) >= 11 is 3.43. The molecular weight excluding hydrogens is 460 g/mol. The maximum Gasteiger partial charge on any atom is 0.308 e. The van der Waals surface area contributed by atoms with Crippen LogP contribution in [0.15, 0.2) is 83.3 Å². The number of halogens is 1. The molecule has 0 aromatic heterocycles. The molecule has 0 saturated heterocycles. The highest BCUT2D eigenvalue weighted by Gasteiger charge is 2.09. The van der Waals surface area contributed by atoms with Crippen LogP contribution < -0.4 is 15.4 Å². The number of nitrogens with one attached hydrogen (secondary N) is 2. The summed E-state index contributed by atoms with van der Waals surface area (Å²) in [6.45, 7) is 1.29. The lowest BCUT2D eigenvalue weighted by atomic mass is 10.2. The molecule has 0 heterocycles. The Morgan fingerprint density at radius 3 is 2.32 bits per heavy atom. The van der Waals surface area contributed by atoms with E-state index in [-0.39, 0.29) is 17.6 Å². The van der Waals surface area contributed by atoms with E-state index in [1.807, 2.05) is 24.3 Å². The van der Waals surface area contributed by atoms with Gasteiger partial charge in [0.15, 0.2) is 0 Å². The number of anilines is 2. The van der Waals surface area contributed by atoms with Gasteiger partial charge in [-0.25, -0.2) is 0 Å². The first kappa shape index (κ1) is 22.0. The highest BCUT2D eigenvalue weighted by molar-refractivity contribution is 9.10. The van der Waals surface area contributed by atoms with Gasteiger partial charge in [-0.1, -0.05) is 46.3 Å². The average molecular weight is 479 g/mol. The first-order chi connectivity index (χ1) is 14.9. The number of amides is 2. The fraction of sp³-hybridized carbons (Fsp3) is 0.0417. The smallest absolute Gasteiger partial charge is 0.308 e. The summed E-state index contributed by atoms with van der Waals surface area (Å²) in [6.07, 6.45) is 3.15. The number of hydrogen-bond donors (Lipinski definition) is 2. The molecular formula is C24H19BrN2O4. The summed E-state index contributed by atoms with van der Waals surface area (Å²) in [6, 6.07) is 20.7. The maximum absolute atomic E-state index is 12.5. The Bertz CT molecular complexity index is 1160. The van der Waals surface area contributed by atoms with E-state index in [0.717, 1.165) is 10.0 Å². The van der Waals surface area contributed by atoms with Crippen LogP contribution in [-0.4, -0.2) is 17.8 Å². The van der Waals surface area contributed by atoms with E-state index in [1.54, 1.807) is 48.5 Å². The minimum absolute atomic E-state index is 0.290. The van der Waals surface area contributed by atoms with E-state index >= 15 is 0 Å². The lowest BCUT2D eigenvalue weighted by Crippen LogP contribution is -2.13. The minimum Gasteiger partial charge on any atom is -0.427 e. The molecule has 0 aliphatic heterocycles. The van der Waals surface area contributed by atoms with E-state index < -0.39 is 5.97 Å². The van der Waals surface area contributed by atoms with Gasteiger partial charge >= 0.3 is 5.97 Å². The quantitative estimate of drug-likeness (QED) is 0.286. The Morgan fingerprint density at radius 1 is 0.871 bits per heavy atom. The van der Waals surface area contributed by atoms with Crippen molar-refractivity contribution in [1.29, 1.82) is 0 Å². The normalized spacial score (nSPS) is 10.5. The number of carbonyl (C=O) groups is 3. The van der Waals surface area contributed by atoms with Crippen molar-refractivity contribution in [3.63, 3.8) is 0 Å². The van der Waals surface area contributed by atoms with Gasteiger partial charge < -0.3 is 15.4 Å². The first-order valence-corrected chi connectivity index (χ1v) is 10.1. The van der Waals surface area contributed by atoms with Crippen LogP contribution in [-0.2, 0) is 9.59 Å². The predicted octanol–water partition coefficient (Wildman–Crippen LogP) is 5.28. The fourth-order valence-corrected chi connectivity index (χ4v) is 3.12. The molecule has 156 valence electrons. The van der Waals surface area contributed by atoms with Crippen molar-refractivity contribution in [2.45, 2.75) is 6.92 Å². The third-order valence-corrected chi connectivity index (χ3v) is 4.79. The molecule has 0 aliphatic rings. The molecule has 2 amide bonds. The molecule has 7 heteroatoms. The molecule has 3 aromatic rings. The monoisotopic (exact) mass is 478 g/mol. The van der Waals surface area contributed by atoms with Crippen LogP contribution in [0, 0.1) is 0 Å². The molecule has 0 bridgehead atoms. The van der Waals surface area contributed by atoms with Crippen LogP contribution in [0.25, 0.3) is 6.08 Å². The average Bonchev–Trinajstić information content (AvgIpc) is 2.73. The predicted molar refractivity (Wildman–Crippen MR) is 124 cm³/mol. The third kappa shape index (κ3) is 6.65. The van der Waals surface area contributed by atoms with Crippen LogP contribution in [0.1, 0.15) is 22.8 Å². The van der Waals surface area contributed by atoms with Gasteiger partial charge in [-0.2, -0.15) is 0 Å². The summed E-state index contributed by atoms with van der Waals surface area (Å²) in [5.41, 5.74) is 2.27. The second kappa shape index (κ2) is 10.4. The van der Waals surface area contributed by atoms with Gasteiger partial charge in [-0.05, 0) is 54.1 Å². The molecule has 0 radical (unpaired) electrons. The second-order valence-corrected chi connectivity index (χ2v) is 7.35. The molecule has 0 atom stereocenters. The SMILES string of the molecule is CC(=O)Oc1cccc(C(=O)Nc2cccc(NC(=O)/C=C/c3ccccc3Br)c2)c1. The molecule has 0 aliphatic carbocycles. The zero-order valence-electron chi connectivity index (χ0n) is 16.6. The zero-order valence-corrected chi connectivity index (χ0v) is 18.2. The van der Waals surface area contributed by atoms with Crippen LogP contribution in [0.4, 0.5) is 11.4 Å². The largest absolute Gasteiger partial charge is 0.427 e. The van der Waals surface area contributed by atoms with Crippen LogP contribution in [0.3, 0.4) is 0 Å². The van der Waals surface area contributed by atoms with Crippen molar-refractivity contribution < 1.29 is 19.1 Å². The summed E-state index contributed by atoms with van der Waals surface area (Å²) in [4.78, 5) is 35.8. The number of hydrogen-bond acceptors (Lipinski definition) is 4. The molecule has 3 rings (SSSR count). The van der Waals surface area contributed by atoms with Crippen molar-refractivity contribution in [1.82, 2.24) is 0 Å². The Labute approximate surface area is 188 Å². The van der Waals surface area contributed by atoms with Crippen LogP contribution in [0.2, 0.25) is 0 Å². The second-order valence-electron chi connectivity index (χ2n) is 6.50. The van der Waals surface area contributed by atoms with Crippen molar-refractivity contribution in [3.8, 4) is 5.75 Å². The van der Waals surface area contributed by atoms with E-state index in [1.165, 1.54) is 19.1 Å². The molecule has 0 spiro atoms. The number of carbonyl (C=O) groups excluding carboxylic acids is 3. The first-order valence-electron chi connectivity index (χ1n) is 9.34. The molecule has 6 nitrogen and oxygen atoms in total. The summed E-state index contributed by atoms with van der Waals surface area (Å²) in [5, 5.41) is 5.53. The van der Waals surface area contributed by atoms with Crippen LogP contribution in [0.5, 0.6) is 5.75 Å². The molecule has 0 fully saturated rings. The fourth-order valence-electron chi connectivity index (χ4n) is 2.70. The van der Waals surface area contributed by atoms with E-state index in [9.17, 15) is 14.4 Å². The standard InChI is InChI=1S/C24H19BrN2O4/c1-16(28)31-21-10-4-7-18(14-21)24(30)27-20-9-5-8-19(15-20)26-23(29)13-12-17-6-2-3-11-22(17)25/h2-15H,1H3,(H,26,29)(H,27,30)/b13-12+. The lowest BCUT2D eigenvalue weighted by Gasteiger charge is -2.09. The Kier molecular flexibility index (Phi) is 7.35. The summed E-state index contributed by atoms with van der Waals surface area (Å²) in [5.74, 6) is -0.840. The van der Waals surface area contributed by atoms with Gasteiger partial charge in [0.1, 0.15) is 5.75 Å². The zero-order chi connectivity index (χ0) is 22.2. The van der Waals surface area contributed by atoms with E-state index in [0.29, 0.717) is 16.9 Å². The van der Waals surface area contributed by atoms with Gasteiger partial charge in [0.2, 0.25) is 5.91 Å². The number of rotatable bonds is 6. The molecule has 31 heavy (non-hydrogen) atoms. The van der Waals surface area contributed by atoms with Gasteiger partial charge in [0.05, 0.1) is 0 Å². The Balaban J connectivity index is 1.65. The number of benzene rings is 3. The molecule has 0 unspecified atom stereocenters. The van der Waals surface area contributed by atoms with Crippen molar-refractivity contribution >= 4 is 51.2 Å². The van der Waals surface area contributed by atoms with Gasteiger partial charge in [-0.15, -0.1) is 0 Å². The lowest BCUT2D eigenvalue weighted by molar-refractivity contribution is -0.131. The molecule has 0 saturated carbocycles. The third-order valence-electron chi connectivity index (χ3n) is 4.07. The Hall–Kier alpha value is -3.71. The Morgan fingerprint density at radius 2 is 1.58 bits per heavy atom. The van der Waals surface area contributed by atoms with Gasteiger partial charge in [0, 0.05) is 34.4 Å². The number of ether oxygens (including phenoxy) is 1. The summed E-state index contributed by atoms with van der Waals surface area (Å²) in [7, 11) is 0.